The van der Waals surface area contributed by atoms with Gasteiger partial charge >= 0.3 is 0 Å². The summed E-state index contributed by atoms with van der Waals surface area (Å²) in [6, 6.07) is 4.81. The highest BCUT2D eigenvalue weighted by Gasteiger charge is 2.14. The highest BCUT2D eigenvalue weighted by Crippen LogP contribution is 2.35. The van der Waals surface area contributed by atoms with Crippen LogP contribution < -0.4 is 10.9 Å². The molecule has 0 spiro atoms. The minimum Gasteiger partial charge on any atom is -0.504 e. The number of amides is 2. The Morgan fingerprint density at radius 1 is 0.857 bits per heavy atom. The fourth-order valence-electron chi connectivity index (χ4n) is 1.50. The number of nitrogens with one attached hydrogen (secondary N) is 2. The Kier molecular flexibility index (Phi) is 3.89. The summed E-state index contributed by atoms with van der Waals surface area (Å²) in [5.41, 5.74) is 4.42. The van der Waals surface area contributed by atoms with E-state index >= 15 is 0 Å². The van der Waals surface area contributed by atoms with Crippen molar-refractivity contribution in [3.05, 3.63) is 47.8 Å². The Labute approximate surface area is 118 Å². The molecule has 0 fully saturated rings. The second-order valence-corrected chi connectivity index (χ2v) is 4.01. The number of carbonyl (C=O) groups excluding carboxylic acids is 2. The van der Waals surface area contributed by atoms with Gasteiger partial charge in [-0.2, -0.15) is 0 Å². The van der Waals surface area contributed by atoms with Crippen LogP contribution in [-0.2, 0) is 0 Å². The highest BCUT2D eigenvalue weighted by atomic mass is 16.3. The summed E-state index contributed by atoms with van der Waals surface area (Å²) in [5, 5.41) is 27.8. The molecule has 0 bridgehead atoms. The third kappa shape index (κ3) is 3.18. The van der Waals surface area contributed by atoms with Crippen LogP contribution in [0.4, 0.5) is 0 Å². The minimum atomic E-state index is -0.775. The molecule has 5 N–H and O–H groups in total. The Morgan fingerprint density at radius 2 is 1.33 bits per heavy atom. The maximum Gasteiger partial charge on any atom is 0.269 e. The third-order valence-corrected chi connectivity index (χ3v) is 2.56. The van der Waals surface area contributed by atoms with Gasteiger partial charge in [-0.1, -0.05) is 0 Å². The Bertz CT molecular complexity index is 664. The quantitative estimate of drug-likeness (QED) is 0.398. The van der Waals surface area contributed by atoms with E-state index in [1.54, 1.807) is 0 Å². The van der Waals surface area contributed by atoms with Crippen molar-refractivity contribution in [1.82, 2.24) is 15.8 Å². The average Bonchev–Trinajstić information content (AvgIpc) is 2.50. The zero-order chi connectivity index (χ0) is 15.4. The first kappa shape index (κ1) is 14.1. The number of phenols is 3. The number of hydrazine groups is 1. The summed E-state index contributed by atoms with van der Waals surface area (Å²) in [4.78, 5) is 27.2. The molecular formula is C13H11N3O5. The van der Waals surface area contributed by atoms with Crippen molar-refractivity contribution in [2.75, 3.05) is 0 Å². The van der Waals surface area contributed by atoms with E-state index in [-0.39, 0.29) is 5.56 Å². The van der Waals surface area contributed by atoms with E-state index in [0.717, 1.165) is 12.1 Å². The number of phenolic OH excluding ortho intramolecular Hbond substituents is 3. The molecule has 0 aliphatic carbocycles. The molecule has 8 nitrogen and oxygen atoms in total. The van der Waals surface area contributed by atoms with E-state index in [0.29, 0.717) is 5.56 Å². The molecule has 2 amide bonds. The summed E-state index contributed by atoms with van der Waals surface area (Å²) >= 11 is 0. The van der Waals surface area contributed by atoms with E-state index < -0.39 is 29.1 Å². The molecular weight excluding hydrogens is 278 g/mol. The monoisotopic (exact) mass is 289 g/mol. The maximum absolute atomic E-state index is 11.8. The van der Waals surface area contributed by atoms with Gasteiger partial charge in [0.2, 0.25) is 0 Å². The van der Waals surface area contributed by atoms with Gasteiger partial charge in [0.15, 0.2) is 17.2 Å². The molecule has 8 heteroatoms. The first-order valence-electron chi connectivity index (χ1n) is 5.74. The van der Waals surface area contributed by atoms with Gasteiger partial charge in [0.1, 0.15) is 0 Å². The standard InChI is InChI=1S/C13H11N3O5/c17-9-5-8(6-10(18)11(9)19)13(21)16-15-12(20)7-1-3-14-4-2-7/h1-6,17-19H,(H,15,20)(H,16,21). The zero-order valence-electron chi connectivity index (χ0n) is 10.6. The van der Waals surface area contributed by atoms with Gasteiger partial charge in [0.25, 0.3) is 11.8 Å². The molecule has 1 aromatic heterocycles. The number of benzene rings is 1. The second-order valence-electron chi connectivity index (χ2n) is 4.01. The molecule has 0 saturated carbocycles. The fraction of sp³-hybridized carbons (Fsp3) is 0. The number of hydrogen-bond acceptors (Lipinski definition) is 6. The number of rotatable bonds is 2. The fourth-order valence-corrected chi connectivity index (χ4v) is 1.50. The topological polar surface area (TPSA) is 132 Å². The minimum absolute atomic E-state index is 0.141. The van der Waals surface area contributed by atoms with Gasteiger partial charge in [0, 0.05) is 23.5 Å². The van der Waals surface area contributed by atoms with E-state index in [1.807, 2.05) is 0 Å². The number of hydrogen-bond donors (Lipinski definition) is 5. The molecule has 0 saturated heterocycles. The van der Waals surface area contributed by atoms with E-state index in [9.17, 15) is 24.9 Å². The Hall–Kier alpha value is -3.29. The Morgan fingerprint density at radius 3 is 1.86 bits per heavy atom. The third-order valence-electron chi connectivity index (χ3n) is 2.56. The summed E-state index contributed by atoms with van der Waals surface area (Å²) in [6.45, 7) is 0. The lowest BCUT2D eigenvalue weighted by Gasteiger charge is -2.08. The van der Waals surface area contributed by atoms with Crippen LogP contribution in [0.2, 0.25) is 0 Å². The van der Waals surface area contributed by atoms with Crippen LogP contribution in [0.25, 0.3) is 0 Å². The molecule has 0 unspecified atom stereocenters. The maximum atomic E-state index is 11.8. The smallest absolute Gasteiger partial charge is 0.269 e. The van der Waals surface area contributed by atoms with Crippen molar-refractivity contribution in [2.45, 2.75) is 0 Å². The van der Waals surface area contributed by atoms with Gasteiger partial charge in [-0.25, -0.2) is 0 Å². The van der Waals surface area contributed by atoms with Crippen LogP contribution in [0.15, 0.2) is 36.7 Å². The lowest BCUT2D eigenvalue weighted by Crippen LogP contribution is -2.41. The van der Waals surface area contributed by atoms with Crippen LogP contribution in [0.3, 0.4) is 0 Å². The first-order chi connectivity index (χ1) is 9.99. The molecule has 1 heterocycles. The van der Waals surface area contributed by atoms with E-state index in [4.69, 9.17) is 0 Å². The van der Waals surface area contributed by atoms with Gasteiger partial charge in [-0.3, -0.25) is 25.4 Å². The van der Waals surface area contributed by atoms with Gasteiger partial charge < -0.3 is 15.3 Å². The van der Waals surface area contributed by atoms with E-state index in [2.05, 4.69) is 15.8 Å². The second kappa shape index (κ2) is 5.78. The van der Waals surface area contributed by atoms with Crippen molar-refractivity contribution < 1.29 is 24.9 Å². The van der Waals surface area contributed by atoms with Crippen molar-refractivity contribution in [3.8, 4) is 17.2 Å². The van der Waals surface area contributed by atoms with Crippen molar-refractivity contribution in [2.24, 2.45) is 0 Å². The summed E-state index contributed by atoms with van der Waals surface area (Å²) in [5.74, 6) is -3.37. The van der Waals surface area contributed by atoms with Crippen LogP contribution >= 0.6 is 0 Å². The van der Waals surface area contributed by atoms with Gasteiger partial charge in [0.05, 0.1) is 0 Å². The molecule has 0 aliphatic rings. The Balaban J connectivity index is 2.04. The number of pyridine rings is 1. The number of aromatic nitrogens is 1. The molecule has 0 aliphatic heterocycles. The number of nitrogens with zero attached hydrogens (tertiary/aromatic N) is 1. The van der Waals surface area contributed by atoms with Crippen LogP contribution in [-0.4, -0.2) is 32.1 Å². The molecule has 0 radical (unpaired) electrons. The first-order valence-corrected chi connectivity index (χ1v) is 5.74. The van der Waals surface area contributed by atoms with Gasteiger partial charge in [-0.15, -0.1) is 0 Å². The normalized spacial score (nSPS) is 9.90. The highest BCUT2D eigenvalue weighted by molar-refractivity contribution is 5.99. The predicted octanol–water partition coefficient (Wildman–Crippen LogP) is 0.273. The van der Waals surface area contributed by atoms with Crippen LogP contribution in [0.1, 0.15) is 20.7 Å². The average molecular weight is 289 g/mol. The SMILES string of the molecule is O=C(NNC(=O)c1cc(O)c(O)c(O)c1)c1ccncc1. The summed E-state index contributed by atoms with van der Waals surface area (Å²) < 4.78 is 0. The van der Waals surface area contributed by atoms with Gasteiger partial charge in [-0.05, 0) is 24.3 Å². The molecule has 108 valence electrons. The van der Waals surface area contributed by atoms with Crippen molar-refractivity contribution in [1.29, 1.82) is 0 Å². The van der Waals surface area contributed by atoms with Crippen LogP contribution in [0, 0.1) is 0 Å². The lowest BCUT2D eigenvalue weighted by atomic mass is 10.2. The molecule has 1 aromatic carbocycles. The lowest BCUT2D eigenvalue weighted by molar-refractivity contribution is 0.0846. The zero-order valence-corrected chi connectivity index (χ0v) is 10.6. The summed E-state index contributed by atoms with van der Waals surface area (Å²) in [7, 11) is 0. The van der Waals surface area contributed by atoms with Crippen molar-refractivity contribution in [3.63, 3.8) is 0 Å². The molecule has 2 rings (SSSR count). The van der Waals surface area contributed by atoms with Crippen molar-refractivity contribution >= 4 is 11.8 Å². The van der Waals surface area contributed by atoms with E-state index in [1.165, 1.54) is 24.5 Å². The molecule has 21 heavy (non-hydrogen) atoms. The predicted molar refractivity (Wildman–Crippen MR) is 70.6 cm³/mol. The molecule has 2 aromatic rings. The summed E-state index contributed by atoms with van der Waals surface area (Å²) in [6.07, 6.45) is 2.85. The number of aromatic hydroxyl groups is 3. The largest absolute Gasteiger partial charge is 0.504 e. The number of carbonyl (C=O) groups is 2. The molecule has 0 atom stereocenters. The van der Waals surface area contributed by atoms with Crippen LogP contribution in [0.5, 0.6) is 17.2 Å².